The van der Waals surface area contributed by atoms with Gasteiger partial charge in [-0.15, -0.1) is 0 Å². The first kappa shape index (κ1) is 14.5. The maximum absolute atomic E-state index is 12.0. The fourth-order valence-electron chi connectivity index (χ4n) is 2.23. The Morgan fingerprint density at radius 2 is 2.26 bits per heavy atom. The number of anilines is 1. The van der Waals surface area contributed by atoms with E-state index in [0.29, 0.717) is 10.2 Å². The highest BCUT2D eigenvalue weighted by Gasteiger charge is 2.27. The Morgan fingerprint density at radius 3 is 2.89 bits per heavy atom. The van der Waals surface area contributed by atoms with E-state index in [4.69, 9.17) is 5.11 Å². The van der Waals surface area contributed by atoms with Gasteiger partial charge < -0.3 is 15.7 Å². The summed E-state index contributed by atoms with van der Waals surface area (Å²) in [6.07, 6.45) is 3.63. The van der Waals surface area contributed by atoms with Gasteiger partial charge in [0.2, 0.25) is 0 Å². The van der Waals surface area contributed by atoms with Crippen LogP contribution in [0.2, 0.25) is 0 Å². The summed E-state index contributed by atoms with van der Waals surface area (Å²) >= 11 is 3.32. The van der Waals surface area contributed by atoms with Gasteiger partial charge in [0.1, 0.15) is 4.47 Å². The minimum Gasteiger partial charge on any atom is -0.394 e. The molecule has 0 aromatic carbocycles. The van der Waals surface area contributed by atoms with Gasteiger partial charge in [-0.05, 0) is 48.8 Å². The molecule has 1 aromatic heterocycles. The van der Waals surface area contributed by atoms with E-state index < -0.39 is 0 Å². The van der Waals surface area contributed by atoms with E-state index in [9.17, 15) is 4.79 Å². The second-order valence-electron chi connectivity index (χ2n) is 5.06. The smallest absolute Gasteiger partial charge is 0.283 e. The molecule has 0 amide bonds. The van der Waals surface area contributed by atoms with Gasteiger partial charge in [0.25, 0.3) is 5.56 Å². The zero-order valence-electron chi connectivity index (χ0n) is 10.9. The third-order valence-electron chi connectivity index (χ3n) is 3.44. The SMILES string of the molecule is CC1(Nc2cnn(CCO)c(=O)c2Br)CCNCC1. The van der Waals surface area contributed by atoms with Gasteiger partial charge in [-0.1, -0.05) is 0 Å². The van der Waals surface area contributed by atoms with E-state index in [-0.39, 0.29) is 24.2 Å². The molecular formula is C12H19BrN4O2. The summed E-state index contributed by atoms with van der Waals surface area (Å²) in [5, 5.41) is 19.7. The largest absolute Gasteiger partial charge is 0.394 e. The lowest BCUT2D eigenvalue weighted by Crippen LogP contribution is -2.45. The standard InChI is InChI=1S/C12H19BrN4O2/c1-12(2-4-14-5-3-12)16-9-8-15-17(6-7-18)11(19)10(9)13/h8,14,16,18H,2-7H2,1H3. The summed E-state index contributed by atoms with van der Waals surface area (Å²) in [6, 6.07) is 0. The highest BCUT2D eigenvalue weighted by Crippen LogP contribution is 2.26. The monoisotopic (exact) mass is 330 g/mol. The molecule has 0 bridgehead atoms. The quantitative estimate of drug-likeness (QED) is 0.751. The van der Waals surface area contributed by atoms with E-state index in [1.54, 1.807) is 6.20 Å². The number of nitrogens with zero attached hydrogens (tertiary/aromatic N) is 2. The lowest BCUT2D eigenvalue weighted by Gasteiger charge is -2.36. The number of aliphatic hydroxyl groups is 1. The minimum atomic E-state index is -0.225. The molecule has 0 saturated carbocycles. The van der Waals surface area contributed by atoms with Crippen molar-refractivity contribution < 1.29 is 5.11 Å². The number of halogens is 1. The molecule has 1 aliphatic rings. The molecule has 2 rings (SSSR count). The molecule has 0 unspecified atom stereocenters. The summed E-state index contributed by atoms with van der Waals surface area (Å²) in [6.45, 7) is 4.19. The lowest BCUT2D eigenvalue weighted by molar-refractivity contribution is 0.266. The van der Waals surface area contributed by atoms with Crippen molar-refractivity contribution in [3.63, 3.8) is 0 Å². The predicted octanol–water partition coefficient (Wildman–Crippen LogP) is 0.552. The van der Waals surface area contributed by atoms with E-state index >= 15 is 0 Å². The van der Waals surface area contributed by atoms with Crippen LogP contribution in [0.1, 0.15) is 19.8 Å². The van der Waals surface area contributed by atoms with Gasteiger partial charge in [-0.25, -0.2) is 4.68 Å². The number of hydrogen-bond donors (Lipinski definition) is 3. The number of rotatable bonds is 4. The van der Waals surface area contributed by atoms with Crippen LogP contribution in [0, 0.1) is 0 Å². The van der Waals surface area contributed by atoms with E-state index in [2.05, 4.69) is 38.6 Å². The Hall–Kier alpha value is -0.920. The second-order valence-corrected chi connectivity index (χ2v) is 5.85. The van der Waals surface area contributed by atoms with Crippen molar-refractivity contribution in [3.8, 4) is 0 Å². The van der Waals surface area contributed by atoms with E-state index in [1.807, 2.05) is 0 Å². The Morgan fingerprint density at radius 1 is 1.58 bits per heavy atom. The van der Waals surface area contributed by atoms with Crippen LogP contribution < -0.4 is 16.2 Å². The predicted molar refractivity (Wildman–Crippen MR) is 77.4 cm³/mol. The van der Waals surface area contributed by atoms with Crippen molar-refractivity contribution in [2.75, 3.05) is 25.0 Å². The molecule has 1 aliphatic heterocycles. The van der Waals surface area contributed by atoms with Gasteiger partial charge in [0.05, 0.1) is 25.0 Å². The van der Waals surface area contributed by atoms with Gasteiger partial charge in [0.15, 0.2) is 0 Å². The number of aromatic nitrogens is 2. The molecule has 106 valence electrons. The fourth-order valence-corrected chi connectivity index (χ4v) is 2.64. The normalized spacial score (nSPS) is 18.3. The van der Waals surface area contributed by atoms with Crippen molar-refractivity contribution in [2.24, 2.45) is 0 Å². The molecule has 1 aromatic rings. The number of hydrogen-bond acceptors (Lipinski definition) is 5. The Labute approximate surface area is 120 Å². The maximum atomic E-state index is 12.0. The summed E-state index contributed by atoms with van der Waals surface area (Å²) in [5.41, 5.74) is 0.464. The molecule has 19 heavy (non-hydrogen) atoms. The molecule has 0 spiro atoms. The zero-order chi connectivity index (χ0) is 13.9. The summed E-state index contributed by atoms with van der Waals surface area (Å²) < 4.78 is 1.72. The molecule has 0 aliphatic carbocycles. The third-order valence-corrected chi connectivity index (χ3v) is 4.21. The van der Waals surface area contributed by atoms with Crippen molar-refractivity contribution in [3.05, 3.63) is 21.0 Å². The third kappa shape index (κ3) is 3.34. The van der Waals surface area contributed by atoms with Crippen molar-refractivity contribution >= 4 is 21.6 Å². The lowest BCUT2D eigenvalue weighted by atomic mass is 9.90. The Bertz CT molecular complexity index is 497. The van der Waals surface area contributed by atoms with Crippen LogP contribution in [0.5, 0.6) is 0 Å². The van der Waals surface area contributed by atoms with E-state index in [1.165, 1.54) is 4.68 Å². The summed E-state index contributed by atoms with van der Waals surface area (Å²) in [7, 11) is 0. The number of aliphatic hydroxyl groups excluding tert-OH is 1. The molecule has 2 heterocycles. The average Bonchev–Trinajstić information content (AvgIpc) is 2.39. The summed E-state index contributed by atoms with van der Waals surface area (Å²) in [5.74, 6) is 0. The maximum Gasteiger partial charge on any atom is 0.283 e. The highest BCUT2D eigenvalue weighted by molar-refractivity contribution is 9.10. The topological polar surface area (TPSA) is 79.2 Å². The van der Waals surface area contributed by atoms with Gasteiger partial charge >= 0.3 is 0 Å². The van der Waals surface area contributed by atoms with Crippen LogP contribution in [-0.2, 0) is 6.54 Å². The van der Waals surface area contributed by atoms with Crippen molar-refractivity contribution in [1.82, 2.24) is 15.1 Å². The van der Waals surface area contributed by atoms with Crippen LogP contribution in [0.4, 0.5) is 5.69 Å². The first-order chi connectivity index (χ1) is 9.06. The van der Waals surface area contributed by atoms with Crippen molar-refractivity contribution in [1.29, 1.82) is 0 Å². The molecule has 3 N–H and O–H groups in total. The van der Waals surface area contributed by atoms with E-state index in [0.717, 1.165) is 25.9 Å². The summed E-state index contributed by atoms with van der Waals surface area (Å²) in [4.78, 5) is 12.0. The van der Waals surface area contributed by atoms with Crippen LogP contribution in [-0.4, -0.2) is 40.1 Å². The molecule has 0 atom stereocenters. The number of nitrogens with one attached hydrogen (secondary N) is 2. The van der Waals surface area contributed by atoms with Crippen LogP contribution >= 0.6 is 15.9 Å². The molecule has 6 nitrogen and oxygen atoms in total. The number of piperidine rings is 1. The van der Waals surface area contributed by atoms with Crippen LogP contribution in [0.25, 0.3) is 0 Å². The van der Waals surface area contributed by atoms with Crippen LogP contribution in [0.15, 0.2) is 15.5 Å². The fraction of sp³-hybridized carbons (Fsp3) is 0.667. The molecule has 1 saturated heterocycles. The van der Waals surface area contributed by atoms with Crippen molar-refractivity contribution in [2.45, 2.75) is 31.8 Å². The first-order valence-electron chi connectivity index (χ1n) is 6.41. The van der Waals surface area contributed by atoms with Gasteiger partial charge in [0, 0.05) is 5.54 Å². The Balaban J connectivity index is 2.21. The molecule has 7 heteroatoms. The van der Waals surface area contributed by atoms with Gasteiger partial charge in [-0.2, -0.15) is 5.10 Å². The Kier molecular flexibility index (Phi) is 4.59. The first-order valence-corrected chi connectivity index (χ1v) is 7.20. The average molecular weight is 331 g/mol. The van der Waals surface area contributed by atoms with Gasteiger partial charge in [-0.3, -0.25) is 4.79 Å². The molecule has 0 radical (unpaired) electrons. The molecule has 1 fully saturated rings. The van der Waals surface area contributed by atoms with Crippen LogP contribution in [0.3, 0.4) is 0 Å². The minimum absolute atomic E-state index is 0.0228. The molecular weight excluding hydrogens is 312 g/mol. The zero-order valence-corrected chi connectivity index (χ0v) is 12.5. The second kappa shape index (κ2) is 6.02. The highest BCUT2D eigenvalue weighted by atomic mass is 79.9.